The van der Waals surface area contributed by atoms with Gasteiger partial charge in [0.1, 0.15) is 0 Å². The van der Waals surface area contributed by atoms with Crippen LogP contribution in [0.3, 0.4) is 0 Å². The third kappa shape index (κ3) is 4.72. The highest BCUT2D eigenvalue weighted by molar-refractivity contribution is 7.89. The van der Waals surface area contributed by atoms with Gasteiger partial charge in [0, 0.05) is 38.3 Å². The Balaban J connectivity index is 1.62. The summed E-state index contributed by atoms with van der Waals surface area (Å²) in [5, 5.41) is 2.86. The second kappa shape index (κ2) is 9.05. The molecule has 1 atom stereocenters. The number of carbonyl (C=O) groups is 2. The smallest absolute Gasteiger partial charge is 0.243 e. The summed E-state index contributed by atoms with van der Waals surface area (Å²) in [5.41, 5.74) is 0.571. The van der Waals surface area contributed by atoms with Crippen molar-refractivity contribution in [3.05, 3.63) is 24.3 Å². The van der Waals surface area contributed by atoms with Crippen LogP contribution in [0.5, 0.6) is 0 Å². The third-order valence-corrected chi connectivity index (χ3v) is 7.43. The number of sulfonamides is 1. The van der Waals surface area contributed by atoms with Crippen LogP contribution in [0.1, 0.15) is 45.4 Å². The minimum absolute atomic E-state index is 0.0739. The number of amides is 2. The van der Waals surface area contributed by atoms with Gasteiger partial charge in [0.25, 0.3) is 0 Å². The lowest BCUT2D eigenvalue weighted by atomic mass is 9.96. The minimum atomic E-state index is -3.47. The van der Waals surface area contributed by atoms with Gasteiger partial charge >= 0.3 is 0 Å². The van der Waals surface area contributed by atoms with Crippen LogP contribution < -0.4 is 5.32 Å². The molecular weight excluding hydrogens is 378 g/mol. The highest BCUT2D eigenvalue weighted by Crippen LogP contribution is 2.23. The van der Waals surface area contributed by atoms with Crippen LogP contribution in [0.15, 0.2) is 29.2 Å². The van der Waals surface area contributed by atoms with Crippen molar-refractivity contribution in [1.82, 2.24) is 9.21 Å². The van der Waals surface area contributed by atoms with E-state index >= 15 is 0 Å². The molecule has 0 spiro atoms. The van der Waals surface area contributed by atoms with Gasteiger partial charge in [0.2, 0.25) is 21.8 Å². The molecule has 2 fully saturated rings. The molecule has 1 aromatic rings. The number of nitrogens with one attached hydrogen (secondary N) is 1. The monoisotopic (exact) mass is 407 g/mol. The summed E-state index contributed by atoms with van der Waals surface area (Å²) in [4.78, 5) is 26.5. The number of carbonyl (C=O) groups excluding carboxylic acids is 2. The van der Waals surface area contributed by atoms with E-state index in [4.69, 9.17) is 0 Å². The van der Waals surface area contributed by atoms with Crippen molar-refractivity contribution in [3.63, 3.8) is 0 Å². The molecule has 1 N–H and O–H groups in total. The lowest BCUT2D eigenvalue weighted by molar-refractivity contribution is -0.134. The molecule has 1 aromatic carbocycles. The van der Waals surface area contributed by atoms with Gasteiger partial charge in [-0.3, -0.25) is 9.59 Å². The van der Waals surface area contributed by atoms with Crippen molar-refractivity contribution in [1.29, 1.82) is 0 Å². The Morgan fingerprint density at radius 1 is 1.04 bits per heavy atom. The van der Waals surface area contributed by atoms with Crippen molar-refractivity contribution in [3.8, 4) is 0 Å². The quantitative estimate of drug-likeness (QED) is 0.812. The van der Waals surface area contributed by atoms with Crippen molar-refractivity contribution < 1.29 is 18.0 Å². The van der Waals surface area contributed by atoms with E-state index in [1.54, 1.807) is 29.2 Å². The van der Waals surface area contributed by atoms with Gasteiger partial charge in [-0.25, -0.2) is 8.42 Å². The molecule has 154 valence electrons. The zero-order chi connectivity index (χ0) is 20.1. The summed E-state index contributed by atoms with van der Waals surface area (Å²) in [6, 6.07) is 6.36. The summed E-state index contributed by atoms with van der Waals surface area (Å²) >= 11 is 0. The standard InChI is InChI=1S/C20H29N3O4S/c1-2-19(24)22-12-6-7-16(15-22)20(25)21-17-8-10-18(11-9-17)28(26,27)23-13-4-3-5-14-23/h8-11,16H,2-7,12-15H2,1H3,(H,21,25). The first-order chi connectivity index (χ1) is 13.4. The fraction of sp³-hybridized carbons (Fsp3) is 0.600. The molecule has 2 saturated heterocycles. The molecule has 2 aliphatic heterocycles. The summed E-state index contributed by atoms with van der Waals surface area (Å²) < 4.78 is 26.9. The van der Waals surface area contributed by atoms with Crippen LogP contribution in [0.25, 0.3) is 0 Å². The first-order valence-electron chi connectivity index (χ1n) is 10.1. The molecule has 28 heavy (non-hydrogen) atoms. The lowest BCUT2D eigenvalue weighted by Gasteiger charge is -2.32. The van der Waals surface area contributed by atoms with Crippen molar-refractivity contribution in [2.45, 2.75) is 50.3 Å². The Morgan fingerprint density at radius 3 is 2.36 bits per heavy atom. The van der Waals surface area contributed by atoms with E-state index < -0.39 is 10.0 Å². The van der Waals surface area contributed by atoms with E-state index in [-0.39, 0.29) is 22.6 Å². The molecule has 3 rings (SSSR count). The van der Waals surface area contributed by atoms with Gasteiger partial charge in [-0.1, -0.05) is 13.3 Å². The first kappa shape index (κ1) is 20.8. The number of rotatable bonds is 5. The second-order valence-electron chi connectivity index (χ2n) is 7.51. The SMILES string of the molecule is CCC(=O)N1CCCC(C(=O)Nc2ccc(S(=O)(=O)N3CCCCC3)cc2)C1. The summed E-state index contributed by atoms with van der Waals surface area (Å²) in [5.74, 6) is -0.286. The molecule has 0 bridgehead atoms. The zero-order valence-corrected chi connectivity index (χ0v) is 17.2. The van der Waals surface area contributed by atoms with Gasteiger partial charge < -0.3 is 10.2 Å². The number of hydrogen-bond donors (Lipinski definition) is 1. The molecular formula is C20H29N3O4S. The zero-order valence-electron chi connectivity index (χ0n) is 16.4. The van der Waals surface area contributed by atoms with Gasteiger partial charge in [0.05, 0.1) is 10.8 Å². The molecule has 2 aliphatic rings. The molecule has 0 aromatic heterocycles. The Kier molecular flexibility index (Phi) is 6.72. The van der Waals surface area contributed by atoms with Crippen LogP contribution in [0.2, 0.25) is 0 Å². The molecule has 1 unspecified atom stereocenters. The van der Waals surface area contributed by atoms with Crippen molar-refractivity contribution >= 4 is 27.5 Å². The molecule has 0 aliphatic carbocycles. The predicted molar refractivity (Wildman–Crippen MR) is 107 cm³/mol. The van der Waals surface area contributed by atoms with E-state index in [9.17, 15) is 18.0 Å². The van der Waals surface area contributed by atoms with E-state index in [2.05, 4.69) is 5.32 Å². The average molecular weight is 408 g/mol. The van der Waals surface area contributed by atoms with Crippen LogP contribution in [-0.2, 0) is 19.6 Å². The van der Waals surface area contributed by atoms with E-state index in [0.29, 0.717) is 38.3 Å². The average Bonchev–Trinajstić information content (AvgIpc) is 2.74. The van der Waals surface area contributed by atoms with Gasteiger partial charge in [-0.15, -0.1) is 0 Å². The Morgan fingerprint density at radius 2 is 1.71 bits per heavy atom. The van der Waals surface area contributed by atoms with Gasteiger partial charge in [-0.05, 0) is 49.9 Å². The molecule has 0 saturated carbocycles. The maximum absolute atomic E-state index is 12.7. The highest BCUT2D eigenvalue weighted by atomic mass is 32.2. The second-order valence-corrected chi connectivity index (χ2v) is 9.45. The maximum Gasteiger partial charge on any atom is 0.243 e. The molecule has 8 heteroatoms. The van der Waals surface area contributed by atoms with Crippen LogP contribution in [0, 0.1) is 5.92 Å². The van der Waals surface area contributed by atoms with Crippen LogP contribution in [-0.4, -0.2) is 55.6 Å². The number of anilines is 1. The van der Waals surface area contributed by atoms with Crippen LogP contribution in [0.4, 0.5) is 5.69 Å². The van der Waals surface area contributed by atoms with E-state index in [0.717, 1.165) is 32.1 Å². The molecule has 2 amide bonds. The summed E-state index contributed by atoms with van der Waals surface area (Å²) in [7, 11) is -3.47. The number of likely N-dealkylation sites (tertiary alicyclic amines) is 1. The molecule has 0 radical (unpaired) electrons. The largest absolute Gasteiger partial charge is 0.342 e. The van der Waals surface area contributed by atoms with E-state index in [1.807, 2.05) is 6.92 Å². The van der Waals surface area contributed by atoms with E-state index in [1.165, 1.54) is 4.31 Å². The number of benzene rings is 1. The fourth-order valence-electron chi connectivity index (χ4n) is 3.85. The first-order valence-corrected chi connectivity index (χ1v) is 11.5. The number of nitrogens with zero attached hydrogens (tertiary/aromatic N) is 2. The highest BCUT2D eigenvalue weighted by Gasteiger charge is 2.28. The van der Waals surface area contributed by atoms with Crippen molar-refractivity contribution in [2.75, 3.05) is 31.5 Å². The maximum atomic E-state index is 12.7. The topological polar surface area (TPSA) is 86.8 Å². The lowest BCUT2D eigenvalue weighted by Crippen LogP contribution is -2.43. The predicted octanol–water partition coefficient (Wildman–Crippen LogP) is 2.45. The summed E-state index contributed by atoms with van der Waals surface area (Å²) in [6.45, 7) is 4.11. The third-order valence-electron chi connectivity index (χ3n) is 5.52. The van der Waals surface area contributed by atoms with Gasteiger partial charge in [0.15, 0.2) is 0 Å². The van der Waals surface area contributed by atoms with Crippen molar-refractivity contribution in [2.24, 2.45) is 5.92 Å². The Labute approximate surface area is 167 Å². The fourth-order valence-corrected chi connectivity index (χ4v) is 5.37. The minimum Gasteiger partial charge on any atom is -0.342 e. The van der Waals surface area contributed by atoms with Crippen LogP contribution >= 0.6 is 0 Å². The number of hydrogen-bond acceptors (Lipinski definition) is 4. The number of piperidine rings is 2. The summed E-state index contributed by atoms with van der Waals surface area (Å²) in [6.07, 6.45) is 4.87. The van der Waals surface area contributed by atoms with Gasteiger partial charge in [-0.2, -0.15) is 4.31 Å². The molecule has 2 heterocycles. The molecule has 7 nitrogen and oxygen atoms in total. The Hall–Kier alpha value is -1.93. The normalized spacial score (nSPS) is 21.3. The Bertz CT molecular complexity index is 801.